The third-order valence-corrected chi connectivity index (χ3v) is 4.84. The maximum absolute atomic E-state index is 12.3. The molecule has 0 bridgehead atoms. The zero-order valence-electron chi connectivity index (χ0n) is 13.2. The third-order valence-electron chi connectivity index (χ3n) is 3.31. The SMILES string of the molecule is Br.CCOc1cccc2sc(NCC(=O)c3ccc(Cl)cc3Cl)nc12. The van der Waals surface area contributed by atoms with Gasteiger partial charge < -0.3 is 10.1 Å². The van der Waals surface area contributed by atoms with Crippen LogP contribution < -0.4 is 10.1 Å². The quantitative estimate of drug-likeness (QED) is 0.466. The van der Waals surface area contributed by atoms with E-state index in [2.05, 4.69) is 10.3 Å². The smallest absolute Gasteiger partial charge is 0.184 e. The van der Waals surface area contributed by atoms with Crippen LogP contribution in [0.5, 0.6) is 5.75 Å². The van der Waals surface area contributed by atoms with Gasteiger partial charge in [0.25, 0.3) is 0 Å². The van der Waals surface area contributed by atoms with Crippen LogP contribution in [0, 0.1) is 0 Å². The molecule has 8 heteroatoms. The molecule has 0 unspecified atom stereocenters. The van der Waals surface area contributed by atoms with E-state index in [1.165, 1.54) is 11.3 Å². The van der Waals surface area contributed by atoms with Crippen LogP contribution in [-0.2, 0) is 0 Å². The number of Topliss-reactive ketones (excluding diaryl/α,β-unsaturated/α-hetero) is 1. The molecule has 0 amide bonds. The number of rotatable bonds is 6. The van der Waals surface area contributed by atoms with Gasteiger partial charge >= 0.3 is 0 Å². The van der Waals surface area contributed by atoms with Crippen molar-refractivity contribution < 1.29 is 9.53 Å². The standard InChI is InChI=1S/C17H14Cl2N2O2S.BrH/c1-2-23-14-4-3-5-15-16(14)21-17(24-15)20-9-13(22)11-7-6-10(18)8-12(11)19;/h3-8H,2,9H2,1H3,(H,20,21);1H. The number of carbonyl (C=O) groups is 1. The summed E-state index contributed by atoms with van der Waals surface area (Å²) >= 11 is 13.4. The van der Waals surface area contributed by atoms with E-state index in [1.807, 2.05) is 25.1 Å². The summed E-state index contributed by atoms with van der Waals surface area (Å²) in [5.74, 6) is 0.618. The number of ether oxygens (including phenoxy) is 1. The second kappa shape index (κ2) is 8.85. The van der Waals surface area contributed by atoms with Gasteiger partial charge in [0.2, 0.25) is 0 Å². The molecule has 4 nitrogen and oxygen atoms in total. The molecular formula is C17H15BrCl2N2O2S. The Morgan fingerprint density at radius 1 is 1.28 bits per heavy atom. The van der Waals surface area contributed by atoms with Crippen molar-refractivity contribution in [3.63, 3.8) is 0 Å². The fourth-order valence-corrected chi connectivity index (χ4v) is 3.63. The molecule has 3 aromatic rings. The molecule has 0 aliphatic rings. The summed E-state index contributed by atoms with van der Waals surface area (Å²) in [6.07, 6.45) is 0. The van der Waals surface area contributed by atoms with Crippen molar-refractivity contribution in [1.29, 1.82) is 0 Å². The summed E-state index contributed by atoms with van der Waals surface area (Å²) in [5, 5.41) is 4.56. The topological polar surface area (TPSA) is 51.2 Å². The molecule has 0 radical (unpaired) electrons. The Balaban J connectivity index is 0.00000225. The zero-order chi connectivity index (χ0) is 17.1. The van der Waals surface area contributed by atoms with Gasteiger partial charge in [-0.2, -0.15) is 0 Å². The minimum atomic E-state index is -0.124. The first kappa shape index (κ1) is 20.0. The Kier molecular flexibility index (Phi) is 7.07. The highest BCUT2D eigenvalue weighted by molar-refractivity contribution is 8.93. The van der Waals surface area contributed by atoms with Crippen LogP contribution in [0.1, 0.15) is 17.3 Å². The Hall–Kier alpha value is -1.34. The van der Waals surface area contributed by atoms with Crippen LogP contribution in [-0.4, -0.2) is 23.9 Å². The fraction of sp³-hybridized carbons (Fsp3) is 0.176. The van der Waals surface area contributed by atoms with Crippen LogP contribution in [0.2, 0.25) is 10.0 Å². The third kappa shape index (κ3) is 4.64. The number of halogens is 3. The first-order chi connectivity index (χ1) is 11.6. The molecule has 0 saturated carbocycles. The molecular weight excluding hydrogens is 447 g/mol. The predicted octanol–water partition coefficient (Wildman–Crippen LogP) is 5.87. The number of hydrogen-bond donors (Lipinski definition) is 1. The largest absolute Gasteiger partial charge is 0.492 e. The second-order valence-corrected chi connectivity index (χ2v) is 6.83. The van der Waals surface area contributed by atoms with Gasteiger partial charge in [-0.05, 0) is 37.3 Å². The molecule has 0 fully saturated rings. The van der Waals surface area contributed by atoms with Crippen LogP contribution in [0.3, 0.4) is 0 Å². The van der Waals surface area contributed by atoms with Crippen molar-refractivity contribution in [2.75, 3.05) is 18.5 Å². The van der Waals surface area contributed by atoms with Crippen molar-refractivity contribution >= 4 is 72.7 Å². The number of nitrogens with one attached hydrogen (secondary N) is 1. The number of nitrogens with zero attached hydrogens (tertiary/aromatic N) is 1. The number of para-hydroxylation sites is 1. The van der Waals surface area contributed by atoms with Crippen molar-refractivity contribution in [2.45, 2.75) is 6.92 Å². The highest BCUT2D eigenvalue weighted by Gasteiger charge is 2.13. The molecule has 25 heavy (non-hydrogen) atoms. The van der Waals surface area contributed by atoms with E-state index in [9.17, 15) is 4.79 Å². The maximum atomic E-state index is 12.3. The minimum absolute atomic E-state index is 0. The molecule has 0 spiro atoms. The molecule has 1 aromatic heterocycles. The number of hydrogen-bond acceptors (Lipinski definition) is 5. The molecule has 0 aliphatic heterocycles. The lowest BCUT2D eigenvalue weighted by atomic mass is 10.1. The van der Waals surface area contributed by atoms with Gasteiger partial charge in [0.05, 0.1) is 22.9 Å². The molecule has 1 N–H and O–H groups in total. The van der Waals surface area contributed by atoms with Gasteiger partial charge in [0.1, 0.15) is 11.3 Å². The first-order valence-corrected chi connectivity index (χ1v) is 8.90. The molecule has 3 rings (SSSR count). The summed E-state index contributed by atoms with van der Waals surface area (Å²) in [6, 6.07) is 10.6. The molecule has 0 saturated heterocycles. The monoisotopic (exact) mass is 460 g/mol. The van der Waals surface area contributed by atoms with Gasteiger partial charge in [-0.1, -0.05) is 40.6 Å². The van der Waals surface area contributed by atoms with E-state index in [0.717, 1.165) is 16.0 Å². The number of fused-ring (bicyclic) bond motifs is 1. The number of carbonyl (C=O) groups excluding carboxylic acids is 1. The van der Waals surface area contributed by atoms with Gasteiger partial charge in [-0.25, -0.2) is 4.98 Å². The van der Waals surface area contributed by atoms with Crippen LogP contribution in [0.15, 0.2) is 36.4 Å². The number of benzene rings is 2. The Morgan fingerprint density at radius 2 is 2.08 bits per heavy atom. The second-order valence-electron chi connectivity index (χ2n) is 4.96. The van der Waals surface area contributed by atoms with Crippen LogP contribution in [0.4, 0.5) is 5.13 Å². The van der Waals surface area contributed by atoms with E-state index in [4.69, 9.17) is 27.9 Å². The van der Waals surface area contributed by atoms with Crippen molar-refractivity contribution in [3.8, 4) is 5.75 Å². The Bertz CT molecular complexity index is 901. The lowest BCUT2D eigenvalue weighted by Crippen LogP contribution is -2.14. The van der Waals surface area contributed by atoms with Gasteiger partial charge in [0.15, 0.2) is 10.9 Å². The molecule has 132 valence electrons. The van der Waals surface area contributed by atoms with E-state index >= 15 is 0 Å². The Labute approximate surface area is 169 Å². The average molecular weight is 462 g/mol. The fourth-order valence-electron chi connectivity index (χ4n) is 2.24. The average Bonchev–Trinajstić information content (AvgIpc) is 2.97. The van der Waals surface area contributed by atoms with E-state index in [0.29, 0.717) is 27.3 Å². The van der Waals surface area contributed by atoms with Crippen molar-refractivity contribution in [1.82, 2.24) is 4.98 Å². The van der Waals surface area contributed by atoms with Gasteiger partial charge in [-0.15, -0.1) is 17.0 Å². The van der Waals surface area contributed by atoms with E-state index in [-0.39, 0.29) is 29.3 Å². The summed E-state index contributed by atoms with van der Waals surface area (Å²) < 4.78 is 6.57. The van der Waals surface area contributed by atoms with Crippen molar-refractivity contribution in [3.05, 3.63) is 52.0 Å². The van der Waals surface area contributed by atoms with Crippen molar-refractivity contribution in [2.24, 2.45) is 0 Å². The predicted molar refractivity (Wildman–Crippen MR) is 110 cm³/mol. The normalized spacial score (nSPS) is 10.4. The summed E-state index contributed by atoms with van der Waals surface area (Å²) in [4.78, 5) is 16.8. The molecule has 0 atom stereocenters. The lowest BCUT2D eigenvalue weighted by Gasteiger charge is -2.05. The van der Waals surface area contributed by atoms with Gasteiger partial charge in [0, 0.05) is 10.6 Å². The highest BCUT2D eigenvalue weighted by atomic mass is 79.9. The van der Waals surface area contributed by atoms with Gasteiger partial charge in [-0.3, -0.25) is 4.79 Å². The maximum Gasteiger partial charge on any atom is 0.184 e. The summed E-state index contributed by atoms with van der Waals surface area (Å²) in [7, 11) is 0. The summed E-state index contributed by atoms with van der Waals surface area (Å²) in [5.41, 5.74) is 1.23. The Morgan fingerprint density at radius 3 is 2.80 bits per heavy atom. The number of thiazole rings is 1. The molecule has 0 aliphatic carbocycles. The lowest BCUT2D eigenvalue weighted by molar-refractivity contribution is 0.101. The number of anilines is 1. The molecule has 2 aromatic carbocycles. The molecule has 1 heterocycles. The first-order valence-electron chi connectivity index (χ1n) is 7.33. The number of ketones is 1. The highest BCUT2D eigenvalue weighted by Crippen LogP contribution is 2.32. The zero-order valence-corrected chi connectivity index (χ0v) is 17.3. The minimum Gasteiger partial charge on any atom is -0.492 e. The van der Waals surface area contributed by atoms with Crippen LogP contribution in [0.25, 0.3) is 10.2 Å². The van der Waals surface area contributed by atoms with Crippen LogP contribution >= 0.6 is 51.5 Å². The summed E-state index contributed by atoms with van der Waals surface area (Å²) in [6.45, 7) is 2.61. The van der Waals surface area contributed by atoms with E-state index in [1.54, 1.807) is 18.2 Å². The van der Waals surface area contributed by atoms with E-state index < -0.39 is 0 Å². The number of aromatic nitrogens is 1.